The minimum Gasteiger partial charge on any atom is -0.508 e. The number of ether oxygens (including phenoxy) is 1. The van der Waals surface area contributed by atoms with E-state index in [1.165, 1.54) is 6.07 Å². The number of nitrogens with one attached hydrogen (secondary N) is 1. The fourth-order valence-electron chi connectivity index (χ4n) is 3.31. The second kappa shape index (κ2) is 13.4. The van der Waals surface area contributed by atoms with Gasteiger partial charge in [-0.1, -0.05) is 49.2 Å². The third-order valence-corrected chi connectivity index (χ3v) is 4.96. The summed E-state index contributed by atoms with van der Waals surface area (Å²) in [7, 11) is 0. The van der Waals surface area contributed by atoms with Gasteiger partial charge in [0.2, 0.25) is 0 Å². The molecule has 0 heterocycles. The summed E-state index contributed by atoms with van der Waals surface area (Å²) >= 11 is 0. The van der Waals surface area contributed by atoms with Gasteiger partial charge in [0, 0.05) is 25.0 Å². The summed E-state index contributed by atoms with van der Waals surface area (Å²) in [6.45, 7) is 0.138. The third kappa shape index (κ3) is 10.2. The zero-order chi connectivity index (χ0) is 22.5. The molecule has 0 spiro atoms. The van der Waals surface area contributed by atoms with Crippen LogP contribution in [0.4, 0.5) is 8.78 Å². The Morgan fingerprint density at radius 3 is 2.45 bits per heavy atom. The standard InChI is InChI=1S/C24H33F2NO4/c25-24(26,16-19-8-4-3-5-9-19)18-31-13-7-2-1-6-12-27-23(30)15-20-10-11-22(29)21(14-20)17-28/h3-5,8-11,14,23,27-30H,1-2,6-7,12-13,15-18H2. The van der Waals surface area contributed by atoms with Crippen molar-refractivity contribution in [3.8, 4) is 5.75 Å². The number of alkyl halides is 2. The Morgan fingerprint density at radius 2 is 1.71 bits per heavy atom. The molecule has 0 bridgehead atoms. The summed E-state index contributed by atoms with van der Waals surface area (Å²) in [5.41, 5.74) is 1.86. The lowest BCUT2D eigenvalue weighted by Crippen LogP contribution is -2.31. The molecule has 0 aliphatic rings. The van der Waals surface area contributed by atoms with Crippen LogP contribution in [-0.4, -0.2) is 47.2 Å². The number of aromatic hydroxyl groups is 1. The number of hydrogen-bond acceptors (Lipinski definition) is 5. The van der Waals surface area contributed by atoms with E-state index in [0.717, 1.165) is 31.2 Å². The van der Waals surface area contributed by atoms with Crippen LogP contribution in [0.25, 0.3) is 0 Å². The van der Waals surface area contributed by atoms with Crippen LogP contribution in [0.15, 0.2) is 48.5 Å². The smallest absolute Gasteiger partial charge is 0.274 e. The van der Waals surface area contributed by atoms with Crippen LogP contribution in [0.5, 0.6) is 5.75 Å². The van der Waals surface area contributed by atoms with E-state index in [4.69, 9.17) is 4.74 Å². The molecule has 0 saturated carbocycles. The maximum atomic E-state index is 13.9. The Labute approximate surface area is 182 Å². The number of halogens is 2. The lowest BCUT2D eigenvalue weighted by Gasteiger charge is -2.16. The molecule has 0 aliphatic carbocycles. The Bertz CT molecular complexity index is 758. The highest BCUT2D eigenvalue weighted by Gasteiger charge is 2.29. The summed E-state index contributed by atoms with van der Waals surface area (Å²) in [4.78, 5) is 0. The van der Waals surface area contributed by atoms with Crippen molar-refractivity contribution in [1.82, 2.24) is 5.32 Å². The van der Waals surface area contributed by atoms with E-state index in [1.807, 2.05) is 0 Å². The number of phenols is 1. The molecule has 172 valence electrons. The fourth-order valence-corrected chi connectivity index (χ4v) is 3.31. The van der Waals surface area contributed by atoms with Gasteiger partial charge in [0.1, 0.15) is 18.6 Å². The molecule has 0 fully saturated rings. The van der Waals surface area contributed by atoms with Gasteiger partial charge in [0.15, 0.2) is 0 Å². The average molecular weight is 438 g/mol. The Balaban J connectivity index is 1.49. The number of hydrogen-bond donors (Lipinski definition) is 4. The fraction of sp³-hybridized carbons (Fsp3) is 0.500. The van der Waals surface area contributed by atoms with E-state index in [1.54, 1.807) is 42.5 Å². The number of rotatable bonds is 15. The summed E-state index contributed by atoms with van der Waals surface area (Å²) in [6.07, 6.45) is 2.72. The topological polar surface area (TPSA) is 82.0 Å². The monoisotopic (exact) mass is 437 g/mol. The zero-order valence-electron chi connectivity index (χ0n) is 17.8. The van der Waals surface area contributed by atoms with Gasteiger partial charge >= 0.3 is 0 Å². The number of unbranched alkanes of at least 4 members (excludes halogenated alkanes) is 3. The first kappa shape index (κ1) is 25.2. The number of benzene rings is 2. The van der Waals surface area contributed by atoms with Gasteiger partial charge in [-0.2, -0.15) is 0 Å². The average Bonchev–Trinajstić information content (AvgIpc) is 2.74. The van der Waals surface area contributed by atoms with Crippen molar-refractivity contribution in [2.75, 3.05) is 19.8 Å². The second-order valence-electron chi connectivity index (χ2n) is 7.78. The van der Waals surface area contributed by atoms with Gasteiger partial charge in [-0.05, 0) is 42.6 Å². The Morgan fingerprint density at radius 1 is 0.968 bits per heavy atom. The molecular weight excluding hydrogens is 404 g/mol. The van der Waals surface area contributed by atoms with Crippen LogP contribution < -0.4 is 5.32 Å². The molecule has 2 aromatic carbocycles. The van der Waals surface area contributed by atoms with Crippen molar-refractivity contribution in [1.29, 1.82) is 0 Å². The largest absolute Gasteiger partial charge is 0.508 e. The van der Waals surface area contributed by atoms with E-state index >= 15 is 0 Å². The predicted molar refractivity (Wildman–Crippen MR) is 116 cm³/mol. The second-order valence-corrected chi connectivity index (χ2v) is 7.78. The lowest BCUT2D eigenvalue weighted by molar-refractivity contribution is -0.0765. The minimum atomic E-state index is -2.86. The maximum Gasteiger partial charge on any atom is 0.274 e. The van der Waals surface area contributed by atoms with Crippen molar-refractivity contribution in [3.63, 3.8) is 0 Å². The molecule has 0 aliphatic heterocycles. The van der Waals surface area contributed by atoms with Gasteiger partial charge in [-0.15, -0.1) is 0 Å². The molecule has 31 heavy (non-hydrogen) atoms. The van der Waals surface area contributed by atoms with E-state index in [9.17, 15) is 24.1 Å². The zero-order valence-corrected chi connectivity index (χ0v) is 17.8. The third-order valence-electron chi connectivity index (χ3n) is 4.96. The first-order valence-electron chi connectivity index (χ1n) is 10.7. The van der Waals surface area contributed by atoms with Crippen LogP contribution in [0.3, 0.4) is 0 Å². The van der Waals surface area contributed by atoms with Crippen molar-refractivity contribution in [2.45, 2.75) is 57.3 Å². The van der Waals surface area contributed by atoms with Gasteiger partial charge in [-0.25, -0.2) is 8.78 Å². The molecule has 1 atom stereocenters. The highest BCUT2D eigenvalue weighted by Crippen LogP contribution is 2.21. The molecule has 1 unspecified atom stereocenters. The predicted octanol–water partition coefficient (Wildman–Crippen LogP) is 3.79. The van der Waals surface area contributed by atoms with Crippen molar-refractivity contribution >= 4 is 0 Å². The SMILES string of the molecule is OCc1cc(CC(O)NCCCCCCOCC(F)(F)Cc2ccccc2)ccc1O. The van der Waals surface area contributed by atoms with Gasteiger partial charge in [0.25, 0.3) is 5.92 Å². The lowest BCUT2D eigenvalue weighted by atomic mass is 10.1. The van der Waals surface area contributed by atoms with E-state index in [2.05, 4.69) is 5.32 Å². The molecule has 5 nitrogen and oxygen atoms in total. The van der Waals surface area contributed by atoms with Crippen LogP contribution >= 0.6 is 0 Å². The summed E-state index contributed by atoms with van der Waals surface area (Å²) in [6, 6.07) is 13.6. The molecule has 4 N–H and O–H groups in total. The van der Waals surface area contributed by atoms with Crippen LogP contribution in [0, 0.1) is 0 Å². The number of aliphatic hydroxyl groups is 2. The molecule has 0 radical (unpaired) electrons. The highest BCUT2D eigenvalue weighted by atomic mass is 19.3. The molecule has 2 rings (SSSR count). The molecule has 0 amide bonds. The molecule has 0 saturated heterocycles. The van der Waals surface area contributed by atoms with Crippen LogP contribution in [0.2, 0.25) is 0 Å². The molecular formula is C24H33F2NO4. The van der Waals surface area contributed by atoms with Crippen molar-refractivity contribution in [3.05, 3.63) is 65.2 Å². The first-order chi connectivity index (χ1) is 14.9. The Hall–Kier alpha value is -2.06. The maximum absolute atomic E-state index is 13.9. The molecule has 0 aromatic heterocycles. The van der Waals surface area contributed by atoms with Gasteiger partial charge in [0.05, 0.1) is 6.61 Å². The van der Waals surface area contributed by atoms with E-state index in [-0.39, 0.29) is 18.8 Å². The van der Waals surface area contributed by atoms with E-state index < -0.39 is 18.8 Å². The quantitative estimate of drug-likeness (QED) is 0.252. The first-order valence-corrected chi connectivity index (χ1v) is 10.7. The van der Waals surface area contributed by atoms with E-state index in [0.29, 0.717) is 30.7 Å². The molecule has 2 aromatic rings. The molecule has 7 heteroatoms. The van der Waals surface area contributed by atoms with Crippen LogP contribution in [-0.2, 0) is 24.2 Å². The number of aliphatic hydroxyl groups excluding tert-OH is 2. The Kier molecular flexibility index (Phi) is 10.9. The van der Waals surface area contributed by atoms with Gasteiger partial charge in [-0.3, -0.25) is 5.32 Å². The summed E-state index contributed by atoms with van der Waals surface area (Å²) < 4.78 is 33.0. The van der Waals surface area contributed by atoms with Crippen LogP contribution in [0.1, 0.15) is 42.4 Å². The minimum absolute atomic E-state index is 0.0394. The summed E-state index contributed by atoms with van der Waals surface area (Å²) in [5, 5.41) is 31.8. The summed E-state index contributed by atoms with van der Waals surface area (Å²) in [5.74, 6) is -2.82. The van der Waals surface area contributed by atoms with Crippen molar-refractivity contribution < 1.29 is 28.8 Å². The normalized spacial score (nSPS) is 12.8. The van der Waals surface area contributed by atoms with Crippen molar-refractivity contribution in [2.24, 2.45) is 0 Å². The van der Waals surface area contributed by atoms with Gasteiger partial charge < -0.3 is 20.1 Å². The highest BCUT2D eigenvalue weighted by molar-refractivity contribution is 5.35.